The van der Waals surface area contributed by atoms with Crippen LogP contribution in [0.4, 0.5) is 0 Å². The zero-order valence-corrected chi connectivity index (χ0v) is 11.3. The van der Waals surface area contributed by atoms with E-state index in [0.29, 0.717) is 0 Å². The molecular weight excluding hydrogens is 230 g/mol. The Labute approximate surface area is 107 Å². The van der Waals surface area contributed by atoms with E-state index in [9.17, 15) is 0 Å². The number of hydrogen-bond donors (Lipinski definition) is 1. The Balaban J connectivity index is 2.01. The molecule has 0 saturated carbocycles. The molecule has 0 radical (unpaired) electrons. The van der Waals surface area contributed by atoms with E-state index in [1.54, 1.807) is 11.3 Å². The number of rotatable bonds is 6. The van der Waals surface area contributed by atoms with Gasteiger partial charge in [-0.1, -0.05) is 6.92 Å². The average molecular weight is 249 g/mol. The molecule has 0 unspecified atom stereocenters. The Bertz CT molecular complexity index is 459. The van der Waals surface area contributed by atoms with Gasteiger partial charge < -0.3 is 9.88 Å². The predicted molar refractivity (Wildman–Crippen MR) is 72.4 cm³/mol. The van der Waals surface area contributed by atoms with Gasteiger partial charge in [0.2, 0.25) is 0 Å². The summed E-state index contributed by atoms with van der Waals surface area (Å²) in [5, 5.41) is 7.83. The number of nitrogens with one attached hydrogen (secondary N) is 1. The highest BCUT2D eigenvalue weighted by atomic mass is 32.1. The van der Waals surface area contributed by atoms with Crippen molar-refractivity contribution in [3.8, 4) is 0 Å². The number of imidazole rings is 1. The van der Waals surface area contributed by atoms with Crippen LogP contribution < -0.4 is 5.32 Å². The molecule has 2 rings (SSSR count). The van der Waals surface area contributed by atoms with Gasteiger partial charge in [0.1, 0.15) is 0 Å². The van der Waals surface area contributed by atoms with E-state index in [-0.39, 0.29) is 0 Å². The van der Waals surface area contributed by atoms with Gasteiger partial charge in [0.15, 0.2) is 0 Å². The number of hydrogen-bond acceptors (Lipinski definition) is 3. The van der Waals surface area contributed by atoms with Crippen molar-refractivity contribution in [1.82, 2.24) is 14.9 Å². The minimum Gasteiger partial charge on any atom is -0.329 e. The monoisotopic (exact) mass is 249 g/mol. The Morgan fingerprint density at radius 3 is 3.00 bits per heavy atom. The van der Waals surface area contributed by atoms with Gasteiger partial charge in [-0.3, -0.25) is 0 Å². The quantitative estimate of drug-likeness (QED) is 0.798. The summed E-state index contributed by atoms with van der Waals surface area (Å²) in [6.45, 7) is 7.23. The van der Waals surface area contributed by atoms with Gasteiger partial charge in [-0.15, -0.1) is 0 Å². The molecule has 0 aliphatic rings. The molecule has 0 aromatic carbocycles. The summed E-state index contributed by atoms with van der Waals surface area (Å²) in [4.78, 5) is 4.24. The van der Waals surface area contributed by atoms with Gasteiger partial charge in [0.25, 0.3) is 0 Å². The summed E-state index contributed by atoms with van der Waals surface area (Å²) in [6.07, 6.45) is 5.03. The molecule has 4 heteroatoms. The second-order valence-corrected chi connectivity index (χ2v) is 5.01. The molecule has 2 aromatic heterocycles. The van der Waals surface area contributed by atoms with Crippen LogP contribution in [0, 0.1) is 6.92 Å². The number of aryl methyl sites for hydroxylation is 1. The van der Waals surface area contributed by atoms with E-state index < -0.39 is 0 Å². The fourth-order valence-corrected chi connectivity index (χ4v) is 2.61. The third kappa shape index (κ3) is 3.17. The SMILES string of the molecule is CCCNCc1cncn1Cc1cscc1C. The molecule has 0 fully saturated rings. The zero-order chi connectivity index (χ0) is 12.1. The maximum absolute atomic E-state index is 4.24. The van der Waals surface area contributed by atoms with Crippen LogP contribution in [-0.2, 0) is 13.1 Å². The fourth-order valence-electron chi connectivity index (χ4n) is 1.76. The topological polar surface area (TPSA) is 29.9 Å². The van der Waals surface area contributed by atoms with E-state index in [1.807, 2.05) is 12.5 Å². The lowest BCUT2D eigenvalue weighted by atomic mass is 10.2. The van der Waals surface area contributed by atoms with E-state index in [0.717, 1.165) is 26.1 Å². The molecule has 0 aliphatic heterocycles. The van der Waals surface area contributed by atoms with E-state index in [2.05, 4.69) is 39.5 Å². The van der Waals surface area contributed by atoms with Crippen molar-refractivity contribution in [3.63, 3.8) is 0 Å². The first-order chi connectivity index (χ1) is 8.31. The number of thiophene rings is 1. The van der Waals surface area contributed by atoms with Crippen LogP contribution in [0.15, 0.2) is 23.3 Å². The molecule has 3 nitrogen and oxygen atoms in total. The molecular formula is C13H19N3S. The van der Waals surface area contributed by atoms with E-state index in [1.165, 1.54) is 16.8 Å². The number of aromatic nitrogens is 2. The largest absolute Gasteiger partial charge is 0.329 e. The molecule has 0 atom stereocenters. The predicted octanol–water partition coefficient (Wildman–Crippen LogP) is 2.80. The van der Waals surface area contributed by atoms with E-state index >= 15 is 0 Å². The van der Waals surface area contributed by atoms with Crippen LogP contribution in [0.2, 0.25) is 0 Å². The van der Waals surface area contributed by atoms with Crippen molar-refractivity contribution in [2.24, 2.45) is 0 Å². The third-order valence-corrected chi connectivity index (χ3v) is 3.74. The Kier molecular flexibility index (Phi) is 4.34. The highest BCUT2D eigenvalue weighted by molar-refractivity contribution is 7.08. The molecule has 17 heavy (non-hydrogen) atoms. The Morgan fingerprint density at radius 1 is 1.41 bits per heavy atom. The Morgan fingerprint density at radius 2 is 2.29 bits per heavy atom. The molecule has 0 spiro atoms. The average Bonchev–Trinajstić information content (AvgIpc) is 2.91. The minimum absolute atomic E-state index is 0.900. The van der Waals surface area contributed by atoms with Crippen LogP contribution in [0.1, 0.15) is 30.2 Å². The van der Waals surface area contributed by atoms with Crippen LogP contribution in [0.25, 0.3) is 0 Å². The van der Waals surface area contributed by atoms with E-state index in [4.69, 9.17) is 0 Å². The first-order valence-corrected chi connectivity index (χ1v) is 6.97. The Hall–Kier alpha value is -1.13. The highest BCUT2D eigenvalue weighted by Gasteiger charge is 2.05. The normalized spacial score (nSPS) is 10.9. The van der Waals surface area contributed by atoms with Gasteiger partial charge in [-0.05, 0) is 41.8 Å². The smallest absolute Gasteiger partial charge is 0.0951 e. The molecule has 1 N–H and O–H groups in total. The first kappa shape index (κ1) is 12.3. The highest BCUT2D eigenvalue weighted by Crippen LogP contribution is 2.15. The lowest BCUT2D eigenvalue weighted by molar-refractivity contribution is 0.630. The van der Waals surface area contributed by atoms with Gasteiger partial charge in [0, 0.05) is 19.3 Å². The molecule has 0 bridgehead atoms. The lowest BCUT2D eigenvalue weighted by Crippen LogP contribution is -2.17. The summed E-state index contributed by atoms with van der Waals surface area (Å²) in [7, 11) is 0. The van der Waals surface area contributed by atoms with Crippen LogP contribution in [0.3, 0.4) is 0 Å². The van der Waals surface area contributed by atoms with Crippen molar-refractivity contribution in [3.05, 3.63) is 40.1 Å². The van der Waals surface area contributed by atoms with Gasteiger partial charge in [-0.2, -0.15) is 11.3 Å². The summed E-state index contributed by atoms with van der Waals surface area (Å²) >= 11 is 1.77. The summed E-state index contributed by atoms with van der Waals surface area (Å²) in [6, 6.07) is 0. The molecule has 2 heterocycles. The molecule has 0 saturated heterocycles. The molecule has 92 valence electrons. The second kappa shape index (κ2) is 5.98. The van der Waals surface area contributed by atoms with Crippen molar-refractivity contribution in [1.29, 1.82) is 0 Å². The first-order valence-electron chi connectivity index (χ1n) is 6.02. The van der Waals surface area contributed by atoms with Crippen molar-refractivity contribution in [2.75, 3.05) is 6.54 Å². The third-order valence-electron chi connectivity index (χ3n) is 2.83. The van der Waals surface area contributed by atoms with Crippen molar-refractivity contribution in [2.45, 2.75) is 33.4 Å². The van der Waals surface area contributed by atoms with Gasteiger partial charge in [0.05, 0.1) is 12.0 Å². The molecule has 2 aromatic rings. The van der Waals surface area contributed by atoms with Crippen LogP contribution >= 0.6 is 11.3 Å². The van der Waals surface area contributed by atoms with Crippen molar-refractivity contribution >= 4 is 11.3 Å². The van der Waals surface area contributed by atoms with Gasteiger partial charge >= 0.3 is 0 Å². The lowest BCUT2D eigenvalue weighted by Gasteiger charge is -2.08. The molecule has 0 amide bonds. The summed E-state index contributed by atoms with van der Waals surface area (Å²) in [5.74, 6) is 0. The van der Waals surface area contributed by atoms with Crippen LogP contribution in [-0.4, -0.2) is 16.1 Å². The minimum atomic E-state index is 0.900. The second-order valence-electron chi connectivity index (χ2n) is 4.27. The molecule has 0 aliphatic carbocycles. The van der Waals surface area contributed by atoms with Crippen molar-refractivity contribution < 1.29 is 0 Å². The van der Waals surface area contributed by atoms with Gasteiger partial charge in [-0.25, -0.2) is 4.98 Å². The number of nitrogens with zero attached hydrogens (tertiary/aromatic N) is 2. The standard InChI is InChI=1S/C13H19N3S/c1-3-4-14-5-13-6-15-10-16(13)7-12-9-17-8-11(12)2/h6,8-10,14H,3-5,7H2,1-2H3. The van der Waals surface area contributed by atoms with Crippen LogP contribution in [0.5, 0.6) is 0 Å². The maximum atomic E-state index is 4.24. The summed E-state index contributed by atoms with van der Waals surface area (Å²) in [5.41, 5.74) is 4.02. The zero-order valence-electron chi connectivity index (χ0n) is 10.4. The maximum Gasteiger partial charge on any atom is 0.0951 e. The fraction of sp³-hybridized carbons (Fsp3) is 0.462. The summed E-state index contributed by atoms with van der Waals surface area (Å²) < 4.78 is 2.22.